The summed E-state index contributed by atoms with van der Waals surface area (Å²) in [7, 11) is 0. The highest BCUT2D eigenvalue weighted by Gasteiger charge is 2.19. The summed E-state index contributed by atoms with van der Waals surface area (Å²) in [5.74, 6) is -0.0702. The second kappa shape index (κ2) is 5.25. The molecule has 1 heterocycles. The first kappa shape index (κ1) is 13.7. The summed E-state index contributed by atoms with van der Waals surface area (Å²) in [6.07, 6.45) is 0. The predicted molar refractivity (Wildman–Crippen MR) is 79.2 cm³/mol. The van der Waals surface area contributed by atoms with Gasteiger partial charge in [0.2, 0.25) is 0 Å². The summed E-state index contributed by atoms with van der Waals surface area (Å²) in [5, 5.41) is 2.64. The van der Waals surface area contributed by atoms with Crippen LogP contribution in [0.25, 0.3) is 0 Å². The van der Waals surface area contributed by atoms with Crippen molar-refractivity contribution in [2.45, 2.75) is 0 Å². The topological polar surface area (TPSA) is 73.6 Å². The summed E-state index contributed by atoms with van der Waals surface area (Å²) < 4.78 is 25.1. The number of carbonyl (C=O) groups is 1. The van der Waals surface area contributed by atoms with Gasteiger partial charge in [0.25, 0.3) is 5.91 Å². The van der Waals surface area contributed by atoms with Crippen LogP contribution in [0.15, 0.2) is 34.8 Å². The third-order valence-electron chi connectivity index (χ3n) is 2.86. The summed E-state index contributed by atoms with van der Waals surface area (Å²) in [6, 6.07) is 7.45. The molecule has 0 radical (unpaired) electrons. The normalized spacial score (nSPS) is 13.1. The molecule has 108 valence electrons. The molecule has 0 bridgehead atoms. The Kier molecular flexibility index (Phi) is 3.42. The number of rotatable bonds is 2. The number of hydrogen-bond donors (Lipinski definition) is 2. The lowest BCUT2D eigenvalue weighted by atomic mass is 10.2. The van der Waals surface area contributed by atoms with E-state index in [-0.39, 0.29) is 29.7 Å². The molecule has 0 atom stereocenters. The summed E-state index contributed by atoms with van der Waals surface area (Å²) in [5.41, 5.74) is 6.58. The molecular formula is C14H10BrFN2O3. The highest BCUT2D eigenvalue weighted by atomic mass is 79.9. The molecule has 3 rings (SSSR count). The highest BCUT2D eigenvalue weighted by molar-refractivity contribution is 9.10. The SMILES string of the molecule is Nc1cc2c(cc1Oc1ccc(Br)cc1F)NC(=O)CO2. The monoisotopic (exact) mass is 352 g/mol. The van der Waals surface area contributed by atoms with Crippen molar-refractivity contribution < 1.29 is 18.7 Å². The maximum absolute atomic E-state index is 13.8. The smallest absolute Gasteiger partial charge is 0.262 e. The lowest BCUT2D eigenvalue weighted by Gasteiger charge is -2.20. The summed E-state index contributed by atoms with van der Waals surface area (Å²) in [6.45, 7) is -0.0615. The average molecular weight is 353 g/mol. The van der Waals surface area contributed by atoms with Gasteiger partial charge in [0.15, 0.2) is 23.9 Å². The van der Waals surface area contributed by atoms with Crippen LogP contribution in [0.4, 0.5) is 15.8 Å². The van der Waals surface area contributed by atoms with Crippen LogP contribution in [-0.4, -0.2) is 12.5 Å². The molecule has 3 N–H and O–H groups in total. The number of fused-ring (bicyclic) bond motifs is 1. The van der Waals surface area contributed by atoms with Crippen LogP contribution in [0.3, 0.4) is 0 Å². The van der Waals surface area contributed by atoms with E-state index in [1.165, 1.54) is 24.3 Å². The van der Waals surface area contributed by atoms with Gasteiger partial charge < -0.3 is 20.5 Å². The Bertz CT molecular complexity index is 736. The molecule has 1 amide bonds. The molecule has 7 heteroatoms. The van der Waals surface area contributed by atoms with E-state index in [1.807, 2.05) is 0 Å². The van der Waals surface area contributed by atoms with Gasteiger partial charge in [-0.25, -0.2) is 4.39 Å². The Labute approximate surface area is 128 Å². The number of amides is 1. The van der Waals surface area contributed by atoms with Gasteiger partial charge in [-0.2, -0.15) is 0 Å². The minimum absolute atomic E-state index is 0.0351. The molecule has 0 saturated carbocycles. The highest BCUT2D eigenvalue weighted by Crippen LogP contribution is 2.39. The molecule has 0 fully saturated rings. The Morgan fingerprint density at radius 1 is 1.29 bits per heavy atom. The molecule has 0 aromatic heterocycles. The summed E-state index contributed by atoms with van der Waals surface area (Å²) >= 11 is 3.17. The van der Waals surface area contributed by atoms with E-state index in [4.69, 9.17) is 15.2 Å². The van der Waals surface area contributed by atoms with Gasteiger partial charge in [0.1, 0.15) is 5.75 Å². The van der Waals surface area contributed by atoms with Gasteiger partial charge in [-0.3, -0.25) is 4.79 Å². The van der Waals surface area contributed by atoms with Crippen molar-refractivity contribution in [2.75, 3.05) is 17.7 Å². The lowest BCUT2D eigenvalue weighted by Crippen LogP contribution is -2.25. The standard InChI is InChI=1S/C14H10BrFN2O3/c15-7-1-2-11(8(16)3-7)21-12-5-10-13(4-9(12)17)20-6-14(19)18-10/h1-5H,6,17H2,(H,18,19). The Hall–Kier alpha value is -2.28. The van der Waals surface area contributed by atoms with Crippen molar-refractivity contribution in [1.82, 2.24) is 0 Å². The first-order chi connectivity index (χ1) is 10.0. The van der Waals surface area contributed by atoms with Crippen molar-refractivity contribution in [2.24, 2.45) is 0 Å². The molecule has 2 aromatic carbocycles. The maximum atomic E-state index is 13.8. The average Bonchev–Trinajstić information content (AvgIpc) is 2.43. The number of halogens is 2. The van der Waals surface area contributed by atoms with Gasteiger partial charge in [-0.15, -0.1) is 0 Å². The largest absolute Gasteiger partial charge is 0.481 e. The maximum Gasteiger partial charge on any atom is 0.262 e. The number of nitrogens with one attached hydrogen (secondary N) is 1. The molecule has 2 aromatic rings. The fourth-order valence-electron chi connectivity index (χ4n) is 1.89. The van der Waals surface area contributed by atoms with E-state index in [2.05, 4.69) is 21.2 Å². The van der Waals surface area contributed by atoms with Crippen LogP contribution < -0.4 is 20.5 Å². The van der Waals surface area contributed by atoms with Crippen molar-refractivity contribution in [3.63, 3.8) is 0 Å². The van der Waals surface area contributed by atoms with Crippen LogP contribution in [0.2, 0.25) is 0 Å². The third kappa shape index (κ3) is 2.78. The molecule has 1 aliphatic rings. The van der Waals surface area contributed by atoms with Gasteiger partial charge in [0, 0.05) is 16.6 Å². The molecule has 0 saturated heterocycles. The number of nitrogens with two attached hydrogens (primary N) is 1. The quantitative estimate of drug-likeness (QED) is 0.813. The minimum Gasteiger partial charge on any atom is -0.481 e. The fourth-order valence-corrected chi connectivity index (χ4v) is 2.22. The Morgan fingerprint density at radius 3 is 2.86 bits per heavy atom. The summed E-state index contributed by atoms with van der Waals surface area (Å²) in [4.78, 5) is 11.3. The van der Waals surface area contributed by atoms with Gasteiger partial charge >= 0.3 is 0 Å². The Morgan fingerprint density at radius 2 is 2.10 bits per heavy atom. The molecular weight excluding hydrogens is 343 g/mol. The second-order valence-electron chi connectivity index (χ2n) is 4.40. The van der Waals surface area contributed by atoms with E-state index < -0.39 is 5.82 Å². The first-order valence-corrected chi connectivity index (χ1v) is 6.81. The van der Waals surface area contributed by atoms with Gasteiger partial charge in [-0.05, 0) is 18.2 Å². The predicted octanol–water partition coefficient (Wildman–Crippen LogP) is 3.29. The zero-order chi connectivity index (χ0) is 15.0. The third-order valence-corrected chi connectivity index (χ3v) is 3.35. The fraction of sp³-hybridized carbons (Fsp3) is 0.0714. The minimum atomic E-state index is -0.526. The number of ether oxygens (including phenoxy) is 2. The van der Waals surface area contributed by atoms with Crippen LogP contribution in [0.1, 0.15) is 0 Å². The number of anilines is 2. The lowest BCUT2D eigenvalue weighted by molar-refractivity contribution is -0.118. The number of hydrogen-bond acceptors (Lipinski definition) is 4. The second-order valence-corrected chi connectivity index (χ2v) is 5.32. The van der Waals surface area contributed by atoms with E-state index in [9.17, 15) is 9.18 Å². The van der Waals surface area contributed by atoms with E-state index in [0.29, 0.717) is 15.9 Å². The molecule has 0 spiro atoms. The zero-order valence-corrected chi connectivity index (χ0v) is 12.2. The van der Waals surface area contributed by atoms with Crippen LogP contribution in [-0.2, 0) is 4.79 Å². The number of carbonyl (C=O) groups excluding carboxylic acids is 1. The number of nitrogen functional groups attached to an aromatic ring is 1. The van der Waals surface area contributed by atoms with Crippen LogP contribution >= 0.6 is 15.9 Å². The first-order valence-electron chi connectivity index (χ1n) is 6.02. The molecule has 5 nitrogen and oxygen atoms in total. The van der Waals surface area contributed by atoms with E-state index >= 15 is 0 Å². The van der Waals surface area contributed by atoms with Crippen LogP contribution in [0, 0.1) is 5.82 Å². The van der Waals surface area contributed by atoms with Crippen LogP contribution in [0.5, 0.6) is 17.2 Å². The van der Waals surface area contributed by atoms with Crippen molar-refractivity contribution in [3.05, 3.63) is 40.6 Å². The van der Waals surface area contributed by atoms with Gasteiger partial charge in [-0.1, -0.05) is 15.9 Å². The van der Waals surface area contributed by atoms with E-state index in [0.717, 1.165) is 0 Å². The number of benzene rings is 2. The zero-order valence-electron chi connectivity index (χ0n) is 10.7. The molecule has 1 aliphatic heterocycles. The van der Waals surface area contributed by atoms with E-state index in [1.54, 1.807) is 6.07 Å². The Balaban J connectivity index is 1.95. The van der Waals surface area contributed by atoms with Gasteiger partial charge in [0.05, 0.1) is 11.4 Å². The molecule has 0 unspecified atom stereocenters. The van der Waals surface area contributed by atoms with Crippen molar-refractivity contribution in [1.29, 1.82) is 0 Å². The molecule has 21 heavy (non-hydrogen) atoms. The molecule has 0 aliphatic carbocycles. The van der Waals surface area contributed by atoms with Crippen molar-refractivity contribution in [3.8, 4) is 17.2 Å². The van der Waals surface area contributed by atoms with Crippen molar-refractivity contribution >= 4 is 33.2 Å².